The summed E-state index contributed by atoms with van der Waals surface area (Å²) in [5.41, 5.74) is 0.988. The molecule has 0 bridgehead atoms. The van der Waals surface area contributed by atoms with Crippen LogP contribution in [-0.4, -0.2) is 64.1 Å². The summed E-state index contributed by atoms with van der Waals surface area (Å²) in [5, 5.41) is 0. The molecule has 1 heterocycles. The van der Waals surface area contributed by atoms with E-state index in [1.807, 2.05) is 26.0 Å². The van der Waals surface area contributed by atoms with Gasteiger partial charge in [0.15, 0.2) is 11.5 Å². The molecule has 1 amide bonds. The Morgan fingerprint density at radius 1 is 1.03 bits per heavy atom. The van der Waals surface area contributed by atoms with Gasteiger partial charge in [-0.25, -0.2) is 9.59 Å². The molecule has 1 atom stereocenters. The molecule has 0 aliphatic carbocycles. The largest absolute Gasteiger partial charge is 0.493 e. The highest BCUT2D eigenvalue weighted by molar-refractivity contribution is 5.81. The molecule has 1 aromatic carbocycles. The molecule has 1 aromatic rings. The third-order valence-corrected chi connectivity index (χ3v) is 5.13. The molecule has 8 heteroatoms. The van der Waals surface area contributed by atoms with Crippen LogP contribution in [0, 0.1) is 5.92 Å². The SMILES string of the molecule is COc1cc(CCCOC(=O)[C@@H]2CCCCN2C(=O)OCC(C)C)cc(OC)c1OC. The van der Waals surface area contributed by atoms with Gasteiger partial charge in [0, 0.05) is 6.54 Å². The second-order valence-electron chi connectivity index (χ2n) is 7.98. The zero-order valence-corrected chi connectivity index (χ0v) is 19.3. The van der Waals surface area contributed by atoms with Gasteiger partial charge in [0.25, 0.3) is 0 Å². The van der Waals surface area contributed by atoms with E-state index < -0.39 is 12.1 Å². The summed E-state index contributed by atoms with van der Waals surface area (Å²) in [6, 6.07) is 3.20. The van der Waals surface area contributed by atoms with E-state index in [0.29, 0.717) is 49.7 Å². The third kappa shape index (κ3) is 6.94. The van der Waals surface area contributed by atoms with Crippen molar-refractivity contribution in [1.82, 2.24) is 4.90 Å². The van der Waals surface area contributed by atoms with Crippen LogP contribution in [-0.2, 0) is 20.7 Å². The van der Waals surface area contributed by atoms with Gasteiger partial charge in [0.2, 0.25) is 5.75 Å². The van der Waals surface area contributed by atoms with Crippen molar-refractivity contribution >= 4 is 12.1 Å². The molecule has 0 saturated carbocycles. The average Bonchev–Trinajstić information content (AvgIpc) is 2.79. The first-order valence-electron chi connectivity index (χ1n) is 10.8. The zero-order chi connectivity index (χ0) is 22.8. The minimum atomic E-state index is -0.574. The van der Waals surface area contributed by atoms with Crippen molar-refractivity contribution in [2.75, 3.05) is 41.1 Å². The maximum absolute atomic E-state index is 12.6. The van der Waals surface area contributed by atoms with Crippen molar-refractivity contribution < 1.29 is 33.3 Å². The van der Waals surface area contributed by atoms with E-state index in [9.17, 15) is 9.59 Å². The van der Waals surface area contributed by atoms with Crippen molar-refractivity contribution in [2.45, 2.75) is 52.0 Å². The van der Waals surface area contributed by atoms with E-state index in [0.717, 1.165) is 18.4 Å². The minimum Gasteiger partial charge on any atom is -0.493 e. The fourth-order valence-corrected chi connectivity index (χ4v) is 3.54. The number of likely N-dealkylation sites (tertiary alicyclic amines) is 1. The monoisotopic (exact) mass is 437 g/mol. The Kier molecular flexibility index (Phi) is 9.75. The van der Waals surface area contributed by atoms with E-state index in [2.05, 4.69) is 0 Å². The highest BCUT2D eigenvalue weighted by Gasteiger charge is 2.34. The molecular formula is C23H35NO7. The molecule has 0 aromatic heterocycles. The zero-order valence-electron chi connectivity index (χ0n) is 19.3. The van der Waals surface area contributed by atoms with Gasteiger partial charge in [-0.05, 0) is 55.7 Å². The van der Waals surface area contributed by atoms with Crippen molar-refractivity contribution in [3.8, 4) is 17.2 Å². The van der Waals surface area contributed by atoms with Gasteiger partial charge in [0.1, 0.15) is 6.04 Å². The van der Waals surface area contributed by atoms with E-state index >= 15 is 0 Å². The van der Waals surface area contributed by atoms with Gasteiger partial charge in [-0.15, -0.1) is 0 Å². The van der Waals surface area contributed by atoms with Crippen LogP contribution >= 0.6 is 0 Å². The summed E-state index contributed by atoms with van der Waals surface area (Å²) >= 11 is 0. The first-order chi connectivity index (χ1) is 14.9. The molecule has 0 radical (unpaired) electrons. The Hall–Kier alpha value is -2.64. The molecule has 1 fully saturated rings. The van der Waals surface area contributed by atoms with Crippen LogP contribution in [0.5, 0.6) is 17.2 Å². The fraction of sp³-hybridized carbons (Fsp3) is 0.652. The summed E-state index contributed by atoms with van der Waals surface area (Å²) in [5.74, 6) is 1.60. The lowest BCUT2D eigenvalue weighted by atomic mass is 10.0. The number of amides is 1. The molecular weight excluding hydrogens is 402 g/mol. The maximum Gasteiger partial charge on any atom is 0.410 e. The summed E-state index contributed by atoms with van der Waals surface area (Å²) in [7, 11) is 4.71. The topological polar surface area (TPSA) is 83.5 Å². The molecule has 1 aliphatic heterocycles. The molecule has 1 aliphatic rings. The number of aryl methyl sites for hydroxylation is 1. The number of hydrogen-bond donors (Lipinski definition) is 0. The van der Waals surface area contributed by atoms with Crippen LogP contribution in [0.1, 0.15) is 45.1 Å². The lowest BCUT2D eigenvalue weighted by Gasteiger charge is -2.33. The Labute approximate surface area is 184 Å². The lowest BCUT2D eigenvalue weighted by molar-refractivity contribution is -0.150. The molecule has 31 heavy (non-hydrogen) atoms. The van der Waals surface area contributed by atoms with E-state index in [1.54, 1.807) is 21.3 Å². The van der Waals surface area contributed by atoms with E-state index in [1.165, 1.54) is 4.90 Å². The number of benzene rings is 1. The summed E-state index contributed by atoms with van der Waals surface area (Å²) < 4.78 is 26.9. The van der Waals surface area contributed by atoms with Gasteiger partial charge in [-0.3, -0.25) is 4.90 Å². The molecule has 8 nitrogen and oxygen atoms in total. The van der Waals surface area contributed by atoms with Crippen LogP contribution in [0.25, 0.3) is 0 Å². The fourth-order valence-electron chi connectivity index (χ4n) is 3.54. The molecule has 0 N–H and O–H groups in total. The average molecular weight is 438 g/mol. The van der Waals surface area contributed by atoms with Crippen LogP contribution in [0.3, 0.4) is 0 Å². The van der Waals surface area contributed by atoms with Gasteiger partial charge >= 0.3 is 12.1 Å². The molecule has 174 valence electrons. The Morgan fingerprint density at radius 2 is 1.71 bits per heavy atom. The Morgan fingerprint density at radius 3 is 2.29 bits per heavy atom. The third-order valence-electron chi connectivity index (χ3n) is 5.13. The number of hydrogen-bond acceptors (Lipinski definition) is 7. The smallest absolute Gasteiger partial charge is 0.410 e. The normalized spacial score (nSPS) is 16.1. The number of nitrogens with zero attached hydrogens (tertiary/aromatic N) is 1. The number of carbonyl (C=O) groups excluding carboxylic acids is 2. The van der Waals surface area contributed by atoms with Gasteiger partial charge in [-0.2, -0.15) is 0 Å². The first kappa shape index (κ1) is 24.6. The quantitative estimate of drug-likeness (QED) is 0.406. The highest BCUT2D eigenvalue weighted by atomic mass is 16.6. The maximum atomic E-state index is 12.6. The predicted octanol–water partition coefficient (Wildman–Crippen LogP) is 3.84. The van der Waals surface area contributed by atoms with Crippen molar-refractivity contribution in [2.24, 2.45) is 5.92 Å². The minimum absolute atomic E-state index is 0.245. The molecule has 0 unspecified atom stereocenters. The van der Waals surface area contributed by atoms with E-state index in [-0.39, 0.29) is 18.5 Å². The first-order valence-corrected chi connectivity index (χ1v) is 10.8. The van der Waals surface area contributed by atoms with Crippen LogP contribution in [0.15, 0.2) is 12.1 Å². The van der Waals surface area contributed by atoms with Crippen LogP contribution in [0.4, 0.5) is 4.79 Å². The molecule has 2 rings (SSSR count). The Balaban J connectivity index is 1.88. The van der Waals surface area contributed by atoms with Gasteiger partial charge in [0.05, 0.1) is 34.5 Å². The summed E-state index contributed by atoms with van der Waals surface area (Å²) in [4.78, 5) is 26.5. The highest BCUT2D eigenvalue weighted by Crippen LogP contribution is 2.38. The van der Waals surface area contributed by atoms with Gasteiger partial charge < -0.3 is 23.7 Å². The molecule has 1 saturated heterocycles. The number of carbonyl (C=O) groups is 2. The van der Waals surface area contributed by atoms with E-state index in [4.69, 9.17) is 23.7 Å². The number of methoxy groups -OCH3 is 3. The number of ether oxygens (including phenoxy) is 5. The summed E-state index contributed by atoms with van der Waals surface area (Å²) in [6.45, 7) is 5.07. The second kappa shape index (κ2) is 12.3. The predicted molar refractivity (Wildman–Crippen MR) is 116 cm³/mol. The lowest BCUT2D eigenvalue weighted by Crippen LogP contribution is -2.49. The number of rotatable bonds is 10. The molecule has 0 spiro atoms. The number of esters is 1. The number of piperidine rings is 1. The Bertz CT molecular complexity index is 710. The van der Waals surface area contributed by atoms with Crippen molar-refractivity contribution in [1.29, 1.82) is 0 Å². The standard InChI is InChI=1S/C23H35NO7/c1-16(2)15-31-23(26)24-11-7-6-10-18(24)22(25)30-12-8-9-17-13-19(27-3)21(29-5)20(14-17)28-4/h13-14,16,18H,6-12,15H2,1-5H3/t18-/m0/s1. The second-order valence-corrected chi connectivity index (χ2v) is 7.98. The van der Waals surface area contributed by atoms with Crippen molar-refractivity contribution in [3.05, 3.63) is 17.7 Å². The van der Waals surface area contributed by atoms with Gasteiger partial charge in [-0.1, -0.05) is 13.8 Å². The van der Waals surface area contributed by atoms with Crippen LogP contribution < -0.4 is 14.2 Å². The van der Waals surface area contributed by atoms with Crippen molar-refractivity contribution in [3.63, 3.8) is 0 Å². The summed E-state index contributed by atoms with van der Waals surface area (Å²) in [6.07, 6.45) is 3.22. The van der Waals surface area contributed by atoms with Crippen LogP contribution in [0.2, 0.25) is 0 Å².